The summed E-state index contributed by atoms with van der Waals surface area (Å²) >= 11 is 0. The summed E-state index contributed by atoms with van der Waals surface area (Å²) in [7, 11) is 0. The van der Waals surface area contributed by atoms with Gasteiger partial charge in [-0.05, 0) is 17.7 Å². The summed E-state index contributed by atoms with van der Waals surface area (Å²) in [5.74, 6) is 0.184. The first kappa shape index (κ1) is 6.63. The molecule has 1 aromatic rings. The standard InChI is InChI=1S/C8H6NO/c9-5-4-7-2-1-3-8(10)6-7/h1-4,6,10H. The van der Waals surface area contributed by atoms with E-state index in [9.17, 15) is 0 Å². The minimum atomic E-state index is 0.184. The highest BCUT2D eigenvalue weighted by Crippen LogP contribution is 2.11. The van der Waals surface area contributed by atoms with E-state index >= 15 is 0 Å². The molecule has 1 radical (unpaired) electrons. The summed E-state index contributed by atoms with van der Waals surface area (Å²) in [6.45, 7) is 0. The first-order chi connectivity index (χ1) is 4.83. The third-order valence-electron chi connectivity index (χ3n) is 1.10. The van der Waals surface area contributed by atoms with Crippen molar-refractivity contribution in [2.45, 2.75) is 0 Å². The van der Waals surface area contributed by atoms with E-state index in [1.807, 2.05) is 6.07 Å². The number of nitriles is 1. The quantitative estimate of drug-likeness (QED) is 0.628. The second kappa shape index (κ2) is 2.88. The van der Waals surface area contributed by atoms with E-state index in [-0.39, 0.29) is 5.75 Å². The lowest BCUT2D eigenvalue weighted by Crippen LogP contribution is -1.75. The Morgan fingerprint density at radius 3 is 2.90 bits per heavy atom. The van der Waals surface area contributed by atoms with Crippen LogP contribution in [0.2, 0.25) is 0 Å². The Morgan fingerprint density at radius 1 is 1.50 bits per heavy atom. The van der Waals surface area contributed by atoms with E-state index in [2.05, 4.69) is 0 Å². The summed E-state index contributed by atoms with van der Waals surface area (Å²) in [6.07, 6.45) is 1.37. The van der Waals surface area contributed by atoms with Gasteiger partial charge in [0, 0.05) is 0 Å². The fraction of sp³-hybridized carbons (Fsp3) is 0. The molecule has 0 aromatic heterocycles. The van der Waals surface area contributed by atoms with Gasteiger partial charge >= 0.3 is 0 Å². The van der Waals surface area contributed by atoms with Crippen LogP contribution in [0.3, 0.4) is 0 Å². The molecule has 0 saturated heterocycles. The molecule has 0 fully saturated rings. The smallest absolute Gasteiger partial charge is 0.115 e. The van der Waals surface area contributed by atoms with Crippen LogP contribution >= 0.6 is 0 Å². The fourth-order valence-electron chi connectivity index (χ4n) is 0.689. The van der Waals surface area contributed by atoms with Gasteiger partial charge in [0.1, 0.15) is 5.75 Å². The first-order valence-corrected chi connectivity index (χ1v) is 2.85. The molecule has 1 N–H and O–H groups in total. The van der Waals surface area contributed by atoms with Crippen LogP contribution in [0, 0.1) is 17.8 Å². The molecule has 2 heteroatoms. The van der Waals surface area contributed by atoms with Crippen LogP contribution in [-0.2, 0) is 0 Å². The predicted octanol–water partition coefficient (Wildman–Crippen LogP) is 1.47. The number of phenolic OH excluding ortho intramolecular Hbond substituents is 1. The Balaban J connectivity index is 2.87. The van der Waals surface area contributed by atoms with Crippen LogP contribution in [0.1, 0.15) is 5.56 Å². The molecule has 0 heterocycles. The van der Waals surface area contributed by atoms with E-state index in [4.69, 9.17) is 10.4 Å². The molecule has 0 aliphatic heterocycles. The molecule has 0 unspecified atom stereocenters. The molecule has 2 nitrogen and oxygen atoms in total. The largest absolute Gasteiger partial charge is 0.508 e. The minimum absolute atomic E-state index is 0.184. The van der Waals surface area contributed by atoms with E-state index in [1.165, 1.54) is 12.5 Å². The van der Waals surface area contributed by atoms with Gasteiger partial charge in [0.05, 0.1) is 12.5 Å². The van der Waals surface area contributed by atoms with Gasteiger partial charge in [0.15, 0.2) is 0 Å². The molecule has 0 atom stereocenters. The van der Waals surface area contributed by atoms with Crippen LogP contribution in [0.5, 0.6) is 5.75 Å². The number of benzene rings is 1. The summed E-state index contributed by atoms with van der Waals surface area (Å²) in [4.78, 5) is 0. The van der Waals surface area contributed by atoms with Gasteiger partial charge in [-0.15, -0.1) is 0 Å². The minimum Gasteiger partial charge on any atom is -0.508 e. The van der Waals surface area contributed by atoms with Crippen molar-refractivity contribution < 1.29 is 5.11 Å². The zero-order chi connectivity index (χ0) is 7.40. The van der Waals surface area contributed by atoms with Gasteiger partial charge in [0.25, 0.3) is 0 Å². The van der Waals surface area contributed by atoms with Gasteiger partial charge in [-0.3, -0.25) is 0 Å². The topological polar surface area (TPSA) is 44.0 Å². The molecular formula is C8H6NO. The lowest BCUT2D eigenvalue weighted by atomic mass is 10.2. The summed E-state index contributed by atoms with van der Waals surface area (Å²) in [5.41, 5.74) is 0.725. The molecule has 1 aromatic carbocycles. The van der Waals surface area contributed by atoms with Gasteiger partial charge in [0.2, 0.25) is 0 Å². The Bertz CT molecular complexity index is 262. The van der Waals surface area contributed by atoms with Crippen LogP contribution in [0.4, 0.5) is 0 Å². The monoisotopic (exact) mass is 132 g/mol. The van der Waals surface area contributed by atoms with Crippen molar-refractivity contribution in [2.24, 2.45) is 0 Å². The third kappa shape index (κ3) is 1.49. The van der Waals surface area contributed by atoms with E-state index in [0.29, 0.717) is 0 Å². The van der Waals surface area contributed by atoms with Gasteiger partial charge in [-0.25, -0.2) is 0 Å². The van der Waals surface area contributed by atoms with Crippen molar-refractivity contribution in [3.63, 3.8) is 0 Å². The van der Waals surface area contributed by atoms with Crippen molar-refractivity contribution in [2.75, 3.05) is 0 Å². The highest BCUT2D eigenvalue weighted by atomic mass is 16.3. The zero-order valence-electron chi connectivity index (χ0n) is 5.28. The van der Waals surface area contributed by atoms with Gasteiger partial charge < -0.3 is 5.11 Å². The summed E-state index contributed by atoms with van der Waals surface area (Å²) < 4.78 is 0. The first-order valence-electron chi connectivity index (χ1n) is 2.85. The maximum Gasteiger partial charge on any atom is 0.115 e. The van der Waals surface area contributed by atoms with Crippen LogP contribution in [0.25, 0.3) is 0 Å². The molecule has 0 saturated carbocycles. The maximum absolute atomic E-state index is 8.91. The van der Waals surface area contributed by atoms with Crippen molar-refractivity contribution in [1.82, 2.24) is 0 Å². The van der Waals surface area contributed by atoms with Gasteiger partial charge in [-0.2, -0.15) is 5.26 Å². The Hall–Kier alpha value is -1.49. The molecule has 49 valence electrons. The number of hydrogen-bond donors (Lipinski definition) is 1. The van der Waals surface area contributed by atoms with Crippen molar-refractivity contribution in [3.8, 4) is 11.8 Å². The highest BCUT2D eigenvalue weighted by molar-refractivity contribution is 5.35. The number of rotatable bonds is 1. The Labute approximate surface area is 59.3 Å². The van der Waals surface area contributed by atoms with Crippen LogP contribution < -0.4 is 0 Å². The lowest BCUT2D eigenvalue weighted by Gasteiger charge is -1.92. The second-order valence-electron chi connectivity index (χ2n) is 1.87. The third-order valence-corrected chi connectivity index (χ3v) is 1.10. The van der Waals surface area contributed by atoms with Crippen LogP contribution in [-0.4, -0.2) is 5.11 Å². The molecule has 0 aliphatic carbocycles. The van der Waals surface area contributed by atoms with E-state index in [1.54, 1.807) is 18.2 Å². The highest BCUT2D eigenvalue weighted by Gasteiger charge is 1.91. The molecule has 1 rings (SSSR count). The van der Waals surface area contributed by atoms with Crippen molar-refractivity contribution >= 4 is 0 Å². The number of hydrogen-bond acceptors (Lipinski definition) is 2. The van der Waals surface area contributed by atoms with Crippen molar-refractivity contribution in [1.29, 1.82) is 5.26 Å². The SMILES string of the molecule is N#C[CH]c1cccc(O)c1. The number of nitrogens with zero attached hydrogens (tertiary/aromatic N) is 1. The lowest BCUT2D eigenvalue weighted by molar-refractivity contribution is 0.475. The zero-order valence-corrected chi connectivity index (χ0v) is 5.28. The average Bonchev–Trinajstić information content (AvgIpc) is 1.88. The number of phenols is 1. The molecule has 10 heavy (non-hydrogen) atoms. The van der Waals surface area contributed by atoms with E-state index in [0.717, 1.165) is 5.56 Å². The predicted molar refractivity (Wildman–Crippen MR) is 37.1 cm³/mol. The van der Waals surface area contributed by atoms with Crippen LogP contribution in [0.15, 0.2) is 24.3 Å². The second-order valence-corrected chi connectivity index (χ2v) is 1.87. The molecular weight excluding hydrogens is 126 g/mol. The molecule has 0 aliphatic rings. The van der Waals surface area contributed by atoms with E-state index < -0.39 is 0 Å². The fourth-order valence-corrected chi connectivity index (χ4v) is 0.689. The molecule has 0 amide bonds. The van der Waals surface area contributed by atoms with Gasteiger partial charge in [-0.1, -0.05) is 12.1 Å². The summed E-state index contributed by atoms with van der Waals surface area (Å²) in [5, 5.41) is 17.1. The maximum atomic E-state index is 8.91. The number of aromatic hydroxyl groups is 1. The average molecular weight is 132 g/mol. The molecule has 0 bridgehead atoms. The van der Waals surface area contributed by atoms with Crippen molar-refractivity contribution in [3.05, 3.63) is 36.2 Å². The Kier molecular flexibility index (Phi) is 1.91. The summed E-state index contributed by atoms with van der Waals surface area (Å²) in [6, 6.07) is 8.42. The Morgan fingerprint density at radius 2 is 2.30 bits per heavy atom. The molecule has 0 spiro atoms. The normalized spacial score (nSPS) is 8.70.